The molecule has 2 aliphatic rings. The highest BCUT2D eigenvalue weighted by Crippen LogP contribution is 2.39. The second kappa shape index (κ2) is 7.73. The van der Waals surface area contributed by atoms with Crippen molar-refractivity contribution in [2.75, 3.05) is 33.4 Å². The van der Waals surface area contributed by atoms with Crippen LogP contribution < -0.4 is 14.8 Å². The number of nitro benzene ring substituents is 1. The Morgan fingerprint density at radius 3 is 2.28 bits per heavy atom. The highest BCUT2D eigenvalue weighted by Gasteiger charge is 2.36. The number of halogens is 1. The van der Waals surface area contributed by atoms with Crippen LogP contribution in [0.3, 0.4) is 0 Å². The predicted octanol–water partition coefficient (Wildman–Crippen LogP) is 1.16. The Labute approximate surface area is 151 Å². The summed E-state index contributed by atoms with van der Waals surface area (Å²) in [5.41, 5.74) is -0.491. The average Bonchev–Trinajstić information content (AvgIpc) is 2.60. The van der Waals surface area contributed by atoms with Crippen LogP contribution in [0.15, 0.2) is 17.0 Å². The molecule has 0 spiro atoms. The van der Waals surface area contributed by atoms with E-state index in [4.69, 9.17) is 9.47 Å². The van der Waals surface area contributed by atoms with Gasteiger partial charge in [0.1, 0.15) is 13.2 Å². The van der Waals surface area contributed by atoms with Crippen LogP contribution in [0, 0.1) is 10.1 Å². The fourth-order valence-electron chi connectivity index (χ4n) is 2.93. The van der Waals surface area contributed by atoms with E-state index >= 15 is 0 Å². The number of nitrogens with one attached hydrogen (secondary N) is 1. The lowest BCUT2D eigenvalue weighted by Crippen LogP contribution is -2.44. The zero-order chi connectivity index (χ0) is 17.3. The molecule has 0 unspecified atom stereocenters. The zero-order valence-corrected chi connectivity index (χ0v) is 15.3. The molecule has 9 nitrogen and oxygen atoms in total. The number of hydrogen-bond donors (Lipinski definition) is 1. The van der Waals surface area contributed by atoms with E-state index in [1.807, 2.05) is 7.05 Å². The summed E-state index contributed by atoms with van der Waals surface area (Å²) in [5.74, 6) is 0.413. The van der Waals surface area contributed by atoms with Crippen molar-refractivity contribution in [2.24, 2.45) is 0 Å². The van der Waals surface area contributed by atoms with Gasteiger partial charge in [-0.2, -0.15) is 4.31 Å². The number of fused-ring (bicyclic) bond motifs is 1. The Balaban J connectivity index is 0.00000225. The van der Waals surface area contributed by atoms with E-state index in [9.17, 15) is 18.5 Å². The largest absolute Gasteiger partial charge is 0.486 e. The minimum Gasteiger partial charge on any atom is -0.486 e. The average molecular weight is 394 g/mol. The van der Waals surface area contributed by atoms with Crippen LogP contribution in [0.25, 0.3) is 0 Å². The molecule has 0 amide bonds. The molecule has 0 atom stereocenters. The van der Waals surface area contributed by atoms with Crippen LogP contribution in [-0.4, -0.2) is 57.0 Å². The van der Waals surface area contributed by atoms with Gasteiger partial charge in [-0.3, -0.25) is 10.1 Å². The number of nitrogens with zero attached hydrogens (tertiary/aromatic N) is 2. The highest BCUT2D eigenvalue weighted by atomic mass is 35.5. The van der Waals surface area contributed by atoms with Gasteiger partial charge in [-0.15, -0.1) is 12.4 Å². The number of rotatable bonds is 4. The first-order valence-corrected chi connectivity index (χ1v) is 9.13. The predicted molar refractivity (Wildman–Crippen MR) is 92.2 cm³/mol. The summed E-state index contributed by atoms with van der Waals surface area (Å²) in [6.07, 6.45) is 1.32. The van der Waals surface area contributed by atoms with Crippen LogP contribution in [0.2, 0.25) is 0 Å². The second-order valence-corrected chi connectivity index (χ2v) is 7.59. The first-order chi connectivity index (χ1) is 11.4. The van der Waals surface area contributed by atoms with Gasteiger partial charge in [-0.05, 0) is 19.9 Å². The van der Waals surface area contributed by atoms with E-state index in [1.54, 1.807) is 0 Å². The molecule has 1 N–H and O–H groups in total. The summed E-state index contributed by atoms with van der Waals surface area (Å²) in [6, 6.07) is 2.58. The minimum absolute atomic E-state index is 0. The first-order valence-electron chi connectivity index (χ1n) is 7.69. The molecule has 0 saturated carbocycles. The minimum atomic E-state index is -3.97. The van der Waals surface area contributed by atoms with Gasteiger partial charge in [0.15, 0.2) is 16.4 Å². The quantitative estimate of drug-likeness (QED) is 0.603. The molecular weight excluding hydrogens is 374 g/mol. The van der Waals surface area contributed by atoms with Gasteiger partial charge in [0.2, 0.25) is 10.0 Å². The molecular formula is C14H20ClN3O6S. The molecule has 0 aromatic heterocycles. The molecule has 1 saturated heterocycles. The van der Waals surface area contributed by atoms with Crippen molar-refractivity contribution in [1.29, 1.82) is 0 Å². The standard InChI is InChI=1S/C14H19N3O6S.ClH/c1-15-10-2-4-16(5-3-10)24(20,21)14-9-13-12(22-6-7-23-13)8-11(14)17(18)19;/h8-10,15H,2-7H2,1H3;1H. The molecule has 0 aliphatic carbocycles. The maximum atomic E-state index is 12.9. The van der Waals surface area contributed by atoms with E-state index in [2.05, 4.69) is 5.32 Å². The normalized spacial score (nSPS) is 18.4. The van der Waals surface area contributed by atoms with Gasteiger partial charge < -0.3 is 14.8 Å². The summed E-state index contributed by atoms with van der Waals surface area (Å²) in [7, 11) is -2.14. The van der Waals surface area contributed by atoms with Crippen molar-refractivity contribution >= 4 is 28.1 Å². The summed E-state index contributed by atoms with van der Waals surface area (Å²) >= 11 is 0. The Morgan fingerprint density at radius 2 is 1.76 bits per heavy atom. The molecule has 1 aromatic rings. The highest BCUT2D eigenvalue weighted by molar-refractivity contribution is 7.89. The van der Waals surface area contributed by atoms with Crippen molar-refractivity contribution in [1.82, 2.24) is 9.62 Å². The monoisotopic (exact) mass is 393 g/mol. The van der Waals surface area contributed by atoms with E-state index in [-0.39, 0.29) is 48.1 Å². The third-order valence-corrected chi connectivity index (χ3v) is 6.23. The lowest BCUT2D eigenvalue weighted by atomic mass is 10.1. The number of ether oxygens (including phenoxy) is 2. The number of piperidine rings is 1. The van der Waals surface area contributed by atoms with Crippen LogP contribution in [0.4, 0.5) is 5.69 Å². The van der Waals surface area contributed by atoms with Gasteiger partial charge in [-0.1, -0.05) is 0 Å². The maximum Gasteiger partial charge on any atom is 0.293 e. The number of benzene rings is 1. The maximum absolute atomic E-state index is 12.9. The lowest BCUT2D eigenvalue weighted by molar-refractivity contribution is -0.388. The van der Waals surface area contributed by atoms with Gasteiger partial charge >= 0.3 is 0 Å². The molecule has 0 bridgehead atoms. The molecule has 1 fully saturated rings. The van der Waals surface area contributed by atoms with Crippen molar-refractivity contribution < 1.29 is 22.8 Å². The third-order valence-electron chi connectivity index (χ3n) is 4.30. The molecule has 0 radical (unpaired) electrons. The van der Waals surface area contributed by atoms with Crippen molar-refractivity contribution in [3.8, 4) is 11.5 Å². The molecule has 1 aromatic carbocycles. The van der Waals surface area contributed by atoms with Gasteiger partial charge in [0, 0.05) is 25.2 Å². The molecule has 140 valence electrons. The SMILES string of the molecule is CNC1CCN(S(=O)(=O)c2cc3c(cc2[N+](=O)[O-])OCCO3)CC1.Cl. The van der Waals surface area contributed by atoms with Gasteiger partial charge in [0.25, 0.3) is 5.69 Å². The summed E-state index contributed by atoms with van der Waals surface area (Å²) in [6.45, 7) is 1.19. The zero-order valence-electron chi connectivity index (χ0n) is 13.6. The van der Waals surface area contributed by atoms with E-state index in [1.165, 1.54) is 10.4 Å². The Kier molecular flexibility index (Phi) is 6.09. The van der Waals surface area contributed by atoms with E-state index in [0.29, 0.717) is 25.9 Å². The van der Waals surface area contributed by atoms with Crippen LogP contribution in [-0.2, 0) is 10.0 Å². The smallest absolute Gasteiger partial charge is 0.293 e. The summed E-state index contributed by atoms with van der Waals surface area (Å²) in [5, 5.41) is 14.5. The van der Waals surface area contributed by atoms with Crippen molar-refractivity contribution in [3.05, 3.63) is 22.2 Å². The number of nitro groups is 1. The number of hydrogen-bond acceptors (Lipinski definition) is 7. The summed E-state index contributed by atoms with van der Waals surface area (Å²) in [4.78, 5) is 10.3. The fourth-order valence-corrected chi connectivity index (χ4v) is 4.56. The number of sulfonamides is 1. The van der Waals surface area contributed by atoms with Crippen LogP contribution in [0.5, 0.6) is 11.5 Å². The Morgan fingerprint density at radius 1 is 1.20 bits per heavy atom. The van der Waals surface area contributed by atoms with Crippen LogP contribution in [0.1, 0.15) is 12.8 Å². The van der Waals surface area contributed by atoms with E-state index in [0.717, 1.165) is 6.07 Å². The molecule has 25 heavy (non-hydrogen) atoms. The topological polar surface area (TPSA) is 111 Å². The lowest BCUT2D eigenvalue weighted by Gasteiger charge is -2.31. The molecule has 2 aliphatic heterocycles. The third kappa shape index (κ3) is 3.81. The summed E-state index contributed by atoms with van der Waals surface area (Å²) < 4.78 is 37.8. The van der Waals surface area contributed by atoms with Gasteiger partial charge in [0.05, 0.1) is 11.0 Å². The molecule has 11 heteroatoms. The van der Waals surface area contributed by atoms with E-state index < -0.39 is 20.6 Å². The molecule has 2 heterocycles. The Bertz CT molecular complexity index is 749. The fraction of sp³-hybridized carbons (Fsp3) is 0.571. The van der Waals surface area contributed by atoms with Crippen molar-refractivity contribution in [2.45, 2.75) is 23.8 Å². The Hall–Kier alpha value is -1.62. The second-order valence-electron chi connectivity index (χ2n) is 5.69. The van der Waals surface area contributed by atoms with Crippen LogP contribution >= 0.6 is 12.4 Å². The molecule has 3 rings (SSSR count). The van der Waals surface area contributed by atoms with Crippen molar-refractivity contribution in [3.63, 3.8) is 0 Å². The van der Waals surface area contributed by atoms with Gasteiger partial charge in [-0.25, -0.2) is 8.42 Å². The first kappa shape index (κ1) is 19.7.